The Hall–Kier alpha value is -2.02. The van der Waals surface area contributed by atoms with Crippen molar-refractivity contribution >= 4 is 0 Å². The summed E-state index contributed by atoms with van der Waals surface area (Å²) in [5.74, 6) is 0. The maximum Gasteiger partial charge on any atom is 4.00 e. The summed E-state index contributed by atoms with van der Waals surface area (Å²) in [5, 5.41) is 51.5. The fraction of sp³-hybridized carbons (Fsp3) is 0. The van der Waals surface area contributed by atoms with Gasteiger partial charge in [0, 0.05) is 0 Å². The van der Waals surface area contributed by atoms with Gasteiger partial charge >= 0.3 is 89.2 Å². The summed E-state index contributed by atoms with van der Waals surface area (Å²) in [6.45, 7) is 0. The van der Waals surface area contributed by atoms with Crippen molar-refractivity contribution in [3.05, 3.63) is 0 Å². The van der Waals surface area contributed by atoms with Gasteiger partial charge in [-0.1, -0.05) is 0 Å². The standard InChI is InChI=1S/6CN.2Fe/c6*1-2;;/q;;;;;;-4;+4. The second kappa shape index (κ2) is 3.04. The Labute approximate surface area is 89.2 Å². The maximum absolute atomic E-state index is 8.58. The molecule has 0 heterocycles. The van der Waals surface area contributed by atoms with E-state index in [0.717, 1.165) is 29.8 Å². The molecule has 0 saturated carbocycles. The number of hydrogen-bond donors (Lipinski definition) is 0. The molecule has 0 aromatic carbocycles. The molecular formula is C6Fe2N6. The largest absolute Gasteiger partial charge is 4.00 e. The van der Waals surface area contributed by atoms with E-state index in [1.54, 1.807) is 0 Å². The molecule has 70 valence electrons. The fourth-order valence-corrected chi connectivity index (χ4v) is 1.09. The van der Waals surface area contributed by atoms with E-state index in [1.807, 2.05) is 0 Å². The van der Waals surface area contributed by atoms with Crippen LogP contribution in [0.2, 0.25) is 0 Å². The molecule has 0 aliphatic rings. The topological polar surface area (TPSA) is 143 Å². The second-order valence-corrected chi connectivity index (χ2v) is 7.42. The van der Waals surface area contributed by atoms with Crippen molar-refractivity contribution in [1.29, 1.82) is 31.6 Å². The van der Waals surface area contributed by atoms with Crippen LogP contribution in [0.25, 0.3) is 0 Å². The van der Waals surface area contributed by atoms with Crippen LogP contribution in [-0.4, -0.2) is 0 Å². The van der Waals surface area contributed by atoms with Crippen LogP contribution in [0.3, 0.4) is 0 Å². The molecule has 0 aliphatic carbocycles. The van der Waals surface area contributed by atoms with Gasteiger partial charge in [-0.2, -0.15) is 0 Å². The average molecular weight is 268 g/mol. The van der Waals surface area contributed by atoms with Crippen LogP contribution in [0.15, 0.2) is 0 Å². The van der Waals surface area contributed by atoms with Gasteiger partial charge in [-0.25, -0.2) is 0 Å². The molecule has 0 aliphatic heterocycles. The van der Waals surface area contributed by atoms with E-state index in [2.05, 4.69) is 0 Å². The molecule has 0 saturated heterocycles. The number of hydrogen-bond acceptors (Lipinski definition) is 6. The minimum atomic E-state index is -6.17. The summed E-state index contributed by atoms with van der Waals surface area (Å²) in [5.41, 5.74) is 0. The molecule has 0 spiro atoms. The van der Waals surface area contributed by atoms with Gasteiger partial charge in [0.2, 0.25) is 0 Å². The van der Waals surface area contributed by atoms with Crippen LogP contribution >= 0.6 is 0 Å². The van der Waals surface area contributed by atoms with E-state index in [9.17, 15) is 0 Å². The molecule has 0 N–H and O–H groups in total. The van der Waals surface area contributed by atoms with Crippen LogP contribution in [0, 0.1) is 61.4 Å². The third kappa shape index (κ3) is 1.03. The van der Waals surface area contributed by atoms with Gasteiger partial charge in [0.05, 0.1) is 0 Å². The van der Waals surface area contributed by atoms with Gasteiger partial charge in [-0.15, -0.1) is 0 Å². The third-order valence-electron chi connectivity index (χ3n) is 1.19. The minimum absolute atomic E-state index is 0. The molecule has 0 atom stereocenters. The van der Waals surface area contributed by atoms with Gasteiger partial charge in [0.25, 0.3) is 0 Å². The molecule has 0 rings (SSSR count). The van der Waals surface area contributed by atoms with Gasteiger partial charge in [-0.05, 0) is 0 Å². The third-order valence-corrected chi connectivity index (χ3v) is 4.89. The van der Waals surface area contributed by atoms with Crippen molar-refractivity contribution in [3.8, 4) is 29.8 Å². The Kier molecular flexibility index (Phi) is 3.14. The van der Waals surface area contributed by atoms with E-state index in [4.69, 9.17) is 31.6 Å². The summed E-state index contributed by atoms with van der Waals surface area (Å²) in [7, 11) is -6.17. The van der Waals surface area contributed by atoms with E-state index < -0.39 is 10.7 Å². The van der Waals surface area contributed by atoms with Crippen LogP contribution in [-0.2, 0) is 27.8 Å². The van der Waals surface area contributed by atoms with Crippen molar-refractivity contribution in [2.24, 2.45) is 0 Å². The molecule has 0 bridgehead atoms. The van der Waals surface area contributed by atoms with Crippen molar-refractivity contribution in [2.75, 3.05) is 0 Å². The van der Waals surface area contributed by atoms with Gasteiger partial charge in [0.15, 0.2) is 0 Å². The predicted octanol–water partition coefficient (Wildman–Crippen LogP) is 0.0957. The zero-order chi connectivity index (χ0) is 10.7. The number of rotatable bonds is 0. The molecule has 0 unspecified atom stereocenters. The summed E-state index contributed by atoms with van der Waals surface area (Å²) in [4.78, 5) is 6.19. The Bertz CT molecular complexity index is 390. The quantitative estimate of drug-likeness (QED) is 0.569. The van der Waals surface area contributed by atoms with Crippen LogP contribution < -0.4 is 0 Å². The number of nitriles is 6. The minimum Gasteiger partial charge on any atom is 4.00 e. The van der Waals surface area contributed by atoms with Gasteiger partial charge in [0.1, 0.15) is 0 Å². The summed E-state index contributed by atoms with van der Waals surface area (Å²) >= 11 is 0. The Morgan fingerprint density at radius 3 is 0.643 bits per heavy atom. The molecule has 6 nitrogen and oxygen atoms in total. The van der Waals surface area contributed by atoms with Crippen molar-refractivity contribution in [3.63, 3.8) is 0 Å². The first kappa shape index (κ1) is 14.5. The summed E-state index contributed by atoms with van der Waals surface area (Å²) < 4.78 is 0. The van der Waals surface area contributed by atoms with E-state index >= 15 is 0 Å². The van der Waals surface area contributed by atoms with Crippen molar-refractivity contribution in [1.82, 2.24) is 0 Å². The molecule has 0 aromatic heterocycles. The molecule has 0 fully saturated rings. The van der Waals surface area contributed by atoms with Crippen molar-refractivity contribution in [2.45, 2.75) is 0 Å². The fourth-order valence-electron chi connectivity index (χ4n) is 0.265. The van der Waals surface area contributed by atoms with E-state index in [1.165, 1.54) is 0 Å². The molecular weight excluding hydrogens is 268 g/mol. The SMILES string of the molecule is N#[C][Fe-4]([C]#N)([C]#N)([C]#N)([C]#N)[C]#N.[Fe+4]. The van der Waals surface area contributed by atoms with Gasteiger partial charge < -0.3 is 0 Å². The zero-order valence-electron chi connectivity index (χ0n) is 6.39. The molecule has 8 heteroatoms. The zero-order valence-corrected chi connectivity index (χ0v) is 8.60. The summed E-state index contributed by atoms with van der Waals surface area (Å²) in [6.07, 6.45) is 0. The monoisotopic (exact) mass is 268 g/mol. The Morgan fingerprint density at radius 1 is 0.500 bits per heavy atom. The second-order valence-electron chi connectivity index (χ2n) is 1.80. The van der Waals surface area contributed by atoms with E-state index in [-0.39, 0.29) is 17.1 Å². The van der Waals surface area contributed by atoms with Crippen molar-refractivity contribution < 1.29 is 27.8 Å². The first-order chi connectivity index (χ1) is 5.97. The first-order valence-electron chi connectivity index (χ1n) is 2.40. The molecule has 14 heavy (non-hydrogen) atoms. The van der Waals surface area contributed by atoms with Crippen LogP contribution in [0.5, 0.6) is 0 Å². The predicted molar refractivity (Wildman–Crippen MR) is 33.7 cm³/mol. The maximum atomic E-state index is 8.58. The van der Waals surface area contributed by atoms with E-state index in [0.29, 0.717) is 0 Å². The Balaban J connectivity index is 0. The molecule has 0 amide bonds. The number of nitrogens with zero attached hydrogens (tertiary/aromatic N) is 6. The molecule has 0 aromatic rings. The molecule has 0 radical (unpaired) electrons. The Morgan fingerprint density at radius 2 is 0.643 bits per heavy atom. The summed E-state index contributed by atoms with van der Waals surface area (Å²) in [6, 6.07) is 0. The normalized spacial score (nSPS) is 12.4. The van der Waals surface area contributed by atoms with Crippen LogP contribution in [0.4, 0.5) is 0 Å². The van der Waals surface area contributed by atoms with Crippen LogP contribution in [0.1, 0.15) is 0 Å². The smallest absolute Gasteiger partial charge is 4.00 e. The average Bonchev–Trinajstić information content (AvgIpc) is 2.26. The van der Waals surface area contributed by atoms with Gasteiger partial charge in [-0.3, -0.25) is 0 Å². The first-order valence-corrected chi connectivity index (χ1v) is 5.71.